The summed E-state index contributed by atoms with van der Waals surface area (Å²) in [5, 5.41) is 16.2. The van der Waals surface area contributed by atoms with E-state index in [2.05, 4.69) is 31.3 Å². The van der Waals surface area contributed by atoms with Crippen LogP contribution in [0.15, 0.2) is 33.9 Å². The third-order valence-corrected chi connectivity index (χ3v) is 8.55. The molecule has 1 aliphatic rings. The molecule has 1 aliphatic heterocycles. The zero-order chi connectivity index (χ0) is 32.2. The van der Waals surface area contributed by atoms with E-state index in [1.165, 1.54) is 19.2 Å². The minimum absolute atomic E-state index is 0.0181. The molecule has 5 N–H and O–H groups in total. The second-order valence-corrected chi connectivity index (χ2v) is 13.1. The lowest BCUT2D eigenvalue weighted by molar-refractivity contribution is -0.228. The number of thiazole rings is 1. The number of rotatable bonds is 16. The van der Waals surface area contributed by atoms with Crippen LogP contribution in [-0.2, 0) is 33.9 Å². The minimum Gasteiger partial charge on any atom is -0.489 e. The minimum atomic E-state index is -4.98. The second-order valence-electron chi connectivity index (χ2n) is 10.1. The standard InChI is InChI=1S/C25H30N6O10S3/c1-4-5-8-42-24-28-15-7-6-13(9-16(15)29-24)39-11-19(22(34)35)40-30-20(17-12-43-23(26)27-17)18(32)10-14-21(33)31(25(14,2)3)41-44(36,37)38/h6-7,9,12,14,19H,4-5,8,10-11H2,1-3H3,(H2,26,27)(H,28,29)(H,34,35)(H,36,37,38)/b30-20-/t14-,19+/m1/s1. The van der Waals surface area contributed by atoms with Crippen molar-refractivity contribution in [3.05, 3.63) is 29.3 Å². The quantitative estimate of drug-likeness (QED) is 0.0428. The van der Waals surface area contributed by atoms with Gasteiger partial charge < -0.3 is 25.4 Å². The van der Waals surface area contributed by atoms with Gasteiger partial charge in [-0.2, -0.15) is 13.5 Å². The van der Waals surface area contributed by atoms with Crippen molar-refractivity contribution in [1.82, 2.24) is 20.0 Å². The normalized spacial score (nSPS) is 17.4. The van der Waals surface area contributed by atoms with Crippen LogP contribution in [0.2, 0.25) is 0 Å². The molecule has 2 aromatic heterocycles. The van der Waals surface area contributed by atoms with Crippen LogP contribution in [0, 0.1) is 5.92 Å². The summed E-state index contributed by atoms with van der Waals surface area (Å²) in [6.45, 7) is 4.48. The topological polar surface area (TPSA) is 237 Å². The summed E-state index contributed by atoms with van der Waals surface area (Å²) in [5.74, 6) is -2.88. The molecule has 238 valence electrons. The van der Waals surface area contributed by atoms with Gasteiger partial charge in [0.25, 0.3) is 12.0 Å². The number of β-lactam (4-membered cyclic amide) rings is 1. The Morgan fingerprint density at radius 1 is 1.32 bits per heavy atom. The summed E-state index contributed by atoms with van der Waals surface area (Å²) >= 11 is 2.59. The van der Waals surface area contributed by atoms with Crippen LogP contribution in [0.25, 0.3) is 11.0 Å². The third kappa shape index (κ3) is 7.83. The fourth-order valence-corrected chi connectivity index (χ4v) is 6.13. The lowest BCUT2D eigenvalue weighted by atomic mass is 9.74. The van der Waals surface area contributed by atoms with Crippen LogP contribution >= 0.6 is 23.1 Å². The number of hydrogen-bond donors (Lipinski definition) is 4. The summed E-state index contributed by atoms with van der Waals surface area (Å²) in [7, 11) is -4.98. The number of amides is 1. The number of ether oxygens (including phenoxy) is 1. The van der Waals surface area contributed by atoms with Crippen LogP contribution in [0.4, 0.5) is 5.13 Å². The van der Waals surface area contributed by atoms with Crippen LogP contribution in [-0.4, -0.2) is 85.5 Å². The number of nitrogens with two attached hydrogens (primary N) is 1. The van der Waals surface area contributed by atoms with E-state index in [0.717, 1.165) is 40.6 Å². The largest absolute Gasteiger partial charge is 0.489 e. The molecule has 0 unspecified atom stereocenters. The number of ketones is 1. The number of imidazole rings is 1. The molecule has 0 aliphatic carbocycles. The highest BCUT2D eigenvalue weighted by Gasteiger charge is 2.57. The van der Waals surface area contributed by atoms with Gasteiger partial charge in [-0.25, -0.2) is 14.8 Å². The van der Waals surface area contributed by atoms with Gasteiger partial charge in [0.2, 0.25) is 0 Å². The van der Waals surface area contributed by atoms with E-state index in [4.69, 9.17) is 19.9 Å². The molecule has 1 saturated heterocycles. The number of carboxylic acid groups (broad SMARTS) is 1. The highest BCUT2D eigenvalue weighted by molar-refractivity contribution is 7.99. The summed E-state index contributed by atoms with van der Waals surface area (Å²) in [4.78, 5) is 54.7. The first-order chi connectivity index (χ1) is 20.7. The number of carboxylic acids is 1. The Morgan fingerprint density at radius 2 is 2.07 bits per heavy atom. The molecule has 0 spiro atoms. The maximum atomic E-state index is 13.3. The molecular weight excluding hydrogens is 641 g/mol. The van der Waals surface area contributed by atoms with E-state index in [1.807, 2.05) is 0 Å². The molecule has 2 atom stereocenters. The van der Waals surface area contributed by atoms with Crippen LogP contribution in [0.3, 0.4) is 0 Å². The number of carbonyl (C=O) groups excluding carboxylic acids is 2. The Hall–Kier alpha value is -3.78. The van der Waals surface area contributed by atoms with Crippen molar-refractivity contribution in [3.8, 4) is 5.75 Å². The van der Waals surface area contributed by atoms with Crippen LogP contribution in [0.1, 0.15) is 45.7 Å². The molecular formula is C25H30N6O10S3. The molecule has 3 aromatic rings. The van der Waals surface area contributed by atoms with Crippen molar-refractivity contribution >= 4 is 73.0 Å². The van der Waals surface area contributed by atoms with Gasteiger partial charge in [0, 0.05) is 23.6 Å². The Balaban J connectivity index is 1.46. The van der Waals surface area contributed by atoms with E-state index >= 15 is 0 Å². The molecule has 3 heterocycles. The smallest absolute Gasteiger partial charge is 0.418 e. The van der Waals surface area contributed by atoms with E-state index in [1.54, 1.807) is 30.0 Å². The average molecular weight is 671 g/mol. The average Bonchev–Trinajstić information content (AvgIpc) is 3.56. The number of thioether (sulfide) groups is 1. The van der Waals surface area contributed by atoms with Gasteiger partial charge in [0.15, 0.2) is 21.8 Å². The molecule has 0 radical (unpaired) electrons. The van der Waals surface area contributed by atoms with Gasteiger partial charge in [-0.05, 0) is 32.4 Å². The summed E-state index contributed by atoms with van der Waals surface area (Å²) < 4.78 is 41.1. The molecule has 16 nitrogen and oxygen atoms in total. The van der Waals surface area contributed by atoms with Crippen molar-refractivity contribution in [1.29, 1.82) is 0 Å². The molecule has 1 amide bonds. The Bertz CT molecular complexity index is 1690. The maximum Gasteiger partial charge on any atom is 0.418 e. The molecule has 44 heavy (non-hydrogen) atoms. The number of unbranched alkanes of at least 4 members (excludes halogenated alkanes) is 1. The number of aromatic nitrogens is 3. The molecule has 1 aromatic carbocycles. The number of hydrogen-bond acceptors (Lipinski definition) is 14. The third-order valence-electron chi connectivity index (χ3n) is 6.58. The number of nitrogens with zero attached hydrogens (tertiary/aromatic N) is 4. The zero-order valence-electron chi connectivity index (χ0n) is 23.8. The number of benzene rings is 1. The molecule has 4 rings (SSSR count). The van der Waals surface area contributed by atoms with E-state index in [-0.39, 0.29) is 10.8 Å². The number of aliphatic carboxylic acids is 1. The van der Waals surface area contributed by atoms with Gasteiger partial charge in [0.05, 0.1) is 22.5 Å². The molecule has 0 bridgehead atoms. The number of aromatic amines is 1. The predicted molar refractivity (Wildman–Crippen MR) is 159 cm³/mol. The Kier molecular flexibility index (Phi) is 10.1. The number of H-pyrrole nitrogens is 1. The molecule has 19 heteroatoms. The lowest BCUT2D eigenvalue weighted by Crippen LogP contribution is -2.68. The first kappa shape index (κ1) is 33.1. The van der Waals surface area contributed by atoms with Crippen molar-refractivity contribution in [2.24, 2.45) is 11.1 Å². The monoisotopic (exact) mass is 670 g/mol. The van der Waals surface area contributed by atoms with E-state index in [0.29, 0.717) is 16.3 Å². The Morgan fingerprint density at radius 3 is 2.68 bits per heavy atom. The van der Waals surface area contributed by atoms with Gasteiger partial charge in [0.1, 0.15) is 18.1 Å². The summed E-state index contributed by atoms with van der Waals surface area (Å²) in [6, 6.07) is 5.04. The maximum absolute atomic E-state index is 13.3. The van der Waals surface area contributed by atoms with Crippen molar-refractivity contribution < 1.29 is 46.3 Å². The fourth-order valence-electron chi connectivity index (χ4n) is 4.16. The first-order valence-corrected chi connectivity index (χ1v) is 16.4. The zero-order valence-corrected chi connectivity index (χ0v) is 26.2. The Labute approximate surface area is 259 Å². The molecule has 1 fully saturated rings. The van der Waals surface area contributed by atoms with E-state index < -0.39 is 64.4 Å². The van der Waals surface area contributed by atoms with Gasteiger partial charge >= 0.3 is 16.4 Å². The van der Waals surface area contributed by atoms with Gasteiger partial charge in [-0.3, -0.25) is 14.1 Å². The van der Waals surface area contributed by atoms with Gasteiger partial charge in [-0.15, -0.1) is 15.6 Å². The first-order valence-electron chi connectivity index (χ1n) is 13.2. The van der Waals surface area contributed by atoms with Crippen LogP contribution < -0.4 is 10.5 Å². The summed E-state index contributed by atoms with van der Waals surface area (Å²) in [5.41, 5.74) is 5.40. The van der Waals surface area contributed by atoms with Crippen molar-refractivity contribution in [2.75, 3.05) is 18.1 Å². The number of carbonyl (C=O) groups is 3. The number of nitrogen functional groups attached to an aromatic ring is 1. The number of anilines is 1. The van der Waals surface area contributed by atoms with Crippen molar-refractivity contribution in [3.63, 3.8) is 0 Å². The van der Waals surface area contributed by atoms with Crippen molar-refractivity contribution in [2.45, 2.75) is 56.8 Å². The van der Waals surface area contributed by atoms with Crippen LogP contribution in [0.5, 0.6) is 5.75 Å². The molecule has 0 saturated carbocycles. The highest BCUT2D eigenvalue weighted by atomic mass is 32.3. The number of oxime groups is 1. The second kappa shape index (κ2) is 13.5. The highest BCUT2D eigenvalue weighted by Crippen LogP contribution is 2.40. The number of nitrogens with one attached hydrogen (secondary N) is 1. The SMILES string of the molecule is CCCCSc1nc2ccc(OC[C@H](O/N=C(\C(=O)C[C@@H]3C(=O)N(OS(=O)(=O)O)C3(C)C)c3csc(N)n3)C(=O)O)cc2[nH]1. The lowest BCUT2D eigenvalue weighted by Gasteiger charge is -2.50. The fraction of sp³-hybridized carbons (Fsp3) is 0.440. The van der Waals surface area contributed by atoms with E-state index in [9.17, 15) is 27.9 Å². The van der Waals surface area contributed by atoms with Gasteiger partial charge in [-0.1, -0.05) is 30.3 Å². The summed E-state index contributed by atoms with van der Waals surface area (Å²) in [6.07, 6.45) is -0.0122. The predicted octanol–water partition coefficient (Wildman–Crippen LogP) is 2.68. The number of Topliss-reactive ketones (excluding diaryl/α,β-unsaturated/α-hetero) is 1. The number of fused-ring (bicyclic) bond motifs is 1. The number of hydroxylamine groups is 2.